The second-order valence-electron chi connectivity index (χ2n) is 5.40. The Balaban J connectivity index is 2.22. The molecular formula is C14H17Br2NO3S. The maximum Gasteiger partial charge on any atom is 0.311 e. The van der Waals surface area contributed by atoms with E-state index in [1.165, 1.54) is 11.3 Å². The molecule has 1 aromatic rings. The van der Waals surface area contributed by atoms with E-state index in [0.29, 0.717) is 31.5 Å². The van der Waals surface area contributed by atoms with Gasteiger partial charge in [-0.25, -0.2) is 0 Å². The lowest BCUT2D eigenvalue weighted by Gasteiger charge is -2.39. The van der Waals surface area contributed by atoms with Crippen LogP contribution in [0.3, 0.4) is 0 Å². The summed E-state index contributed by atoms with van der Waals surface area (Å²) in [5.74, 6) is -0.877. The van der Waals surface area contributed by atoms with Gasteiger partial charge in [-0.15, -0.1) is 11.3 Å². The molecule has 0 aromatic carbocycles. The standard InChI is InChI=1S/C14H17Br2NO3S/c1-2-4-14(13(19)20)5-3-6-17(8-14)12(18)9-7-10(15)21-11(9)16/h7H,2-6,8H2,1H3,(H,19,20). The summed E-state index contributed by atoms with van der Waals surface area (Å²) < 4.78 is 1.66. The highest BCUT2D eigenvalue weighted by atomic mass is 79.9. The number of hydrogen-bond acceptors (Lipinski definition) is 3. The Morgan fingerprint density at radius 3 is 2.71 bits per heavy atom. The van der Waals surface area contributed by atoms with Crippen molar-refractivity contribution in [3.8, 4) is 0 Å². The van der Waals surface area contributed by atoms with Crippen molar-refractivity contribution >= 4 is 55.1 Å². The van der Waals surface area contributed by atoms with Crippen molar-refractivity contribution in [3.63, 3.8) is 0 Å². The van der Waals surface area contributed by atoms with Crippen molar-refractivity contribution in [3.05, 3.63) is 19.2 Å². The first kappa shape index (κ1) is 17.0. The summed E-state index contributed by atoms with van der Waals surface area (Å²) >= 11 is 8.21. The quantitative estimate of drug-likeness (QED) is 0.758. The highest BCUT2D eigenvalue weighted by molar-refractivity contribution is 9.12. The van der Waals surface area contributed by atoms with E-state index in [4.69, 9.17) is 0 Å². The number of nitrogens with zero attached hydrogens (tertiary/aromatic N) is 1. The molecule has 2 rings (SSSR count). The molecule has 7 heteroatoms. The number of carbonyl (C=O) groups excluding carboxylic acids is 1. The van der Waals surface area contributed by atoms with Crippen LogP contribution in [0, 0.1) is 5.41 Å². The summed E-state index contributed by atoms with van der Waals surface area (Å²) in [6.45, 7) is 2.91. The molecule has 1 unspecified atom stereocenters. The molecule has 1 fully saturated rings. The van der Waals surface area contributed by atoms with Gasteiger partial charge in [0.25, 0.3) is 5.91 Å². The van der Waals surface area contributed by atoms with Gasteiger partial charge in [-0.1, -0.05) is 13.3 Å². The number of hydrogen-bond donors (Lipinski definition) is 1. The number of carbonyl (C=O) groups is 2. The van der Waals surface area contributed by atoms with Gasteiger partial charge in [0.05, 0.1) is 18.6 Å². The molecule has 1 aliphatic rings. The first-order valence-electron chi connectivity index (χ1n) is 6.87. The first-order chi connectivity index (χ1) is 9.89. The van der Waals surface area contributed by atoms with E-state index in [1.54, 1.807) is 11.0 Å². The monoisotopic (exact) mass is 437 g/mol. The fourth-order valence-electron chi connectivity index (χ4n) is 2.93. The van der Waals surface area contributed by atoms with Crippen molar-refractivity contribution in [2.75, 3.05) is 13.1 Å². The third-order valence-electron chi connectivity index (χ3n) is 3.93. The summed E-state index contributed by atoms with van der Waals surface area (Å²) in [6, 6.07) is 1.79. The van der Waals surface area contributed by atoms with E-state index in [-0.39, 0.29) is 5.91 Å². The highest BCUT2D eigenvalue weighted by Gasteiger charge is 2.43. The van der Waals surface area contributed by atoms with Gasteiger partial charge in [0.2, 0.25) is 0 Å². The zero-order valence-electron chi connectivity index (χ0n) is 11.7. The summed E-state index contributed by atoms with van der Waals surface area (Å²) in [5, 5.41) is 9.60. The molecule has 1 atom stereocenters. The molecule has 0 saturated carbocycles. The van der Waals surface area contributed by atoms with Crippen LogP contribution in [-0.2, 0) is 4.79 Å². The summed E-state index contributed by atoms with van der Waals surface area (Å²) in [6.07, 6.45) is 2.80. The van der Waals surface area contributed by atoms with Crippen LogP contribution < -0.4 is 0 Å². The minimum Gasteiger partial charge on any atom is -0.481 e. The van der Waals surface area contributed by atoms with E-state index < -0.39 is 11.4 Å². The molecular weight excluding hydrogens is 422 g/mol. The second-order valence-corrected chi connectivity index (χ2v) is 9.15. The first-order valence-corrected chi connectivity index (χ1v) is 9.27. The SMILES string of the molecule is CCCC1(C(=O)O)CCCN(C(=O)c2cc(Br)sc2Br)C1. The van der Waals surface area contributed by atoms with Crippen molar-refractivity contribution in [2.24, 2.45) is 5.41 Å². The van der Waals surface area contributed by atoms with E-state index in [0.717, 1.165) is 20.4 Å². The van der Waals surface area contributed by atoms with Crippen LogP contribution in [0.25, 0.3) is 0 Å². The van der Waals surface area contributed by atoms with Crippen molar-refractivity contribution in [2.45, 2.75) is 32.6 Å². The molecule has 1 amide bonds. The number of thiophene rings is 1. The third-order valence-corrected chi connectivity index (χ3v) is 6.27. The van der Waals surface area contributed by atoms with Crippen LogP contribution in [0.1, 0.15) is 43.0 Å². The van der Waals surface area contributed by atoms with Crippen LogP contribution in [0.4, 0.5) is 0 Å². The summed E-state index contributed by atoms with van der Waals surface area (Å²) in [4.78, 5) is 26.0. The molecule has 116 valence electrons. The van der Waals surface area contributed by atoms with Crippen molar-refractivity contribution in [1.82, 2.24) is 4.90 Å². The maximum absolute atomic E-state index is 12.6. The topological polar surface area (TPSA) is 57.6 Å². The van der Waals surface area contributed by atoms with Gasteiger partial charge >= 0.3 is 5.97 Å². The van der Waals surface area contributed by atoms with Crippen LogP contribution in [0.15, 0.2) is 13.6 Å². The number of aliphatic carboxylic acids is 1. The van der Waals surface area contributed by atoms with E-state index in [2.05, 4.69) is 31.9 Å². The Bertz CT molecular complexity index is 556. The lowest BCUT2D eigenvalue weighted by Crippen LogP contribution is -2.49. The minimum absolute atomic E-state index is 0.0924. The van der Waals surface area contributed by atoms with Crippen LogP contribution in [-0.4, -0.2) is 35.0 Å². The summed E-state index contributed by atoms with van der Waals surface area (Å²) in [7, 11) is 0. The van der Waals surface area contributed by atoms with Crippen LogP contribution in [0.5, 0.6) is 0 Å². The Kier molecular flexibility index (Phi) is 5.48. The Morgan fingerprint density at radius 2 is 2.19 bits per heavy atom. The average Bonchev–Trinajstić information content (AvgIpc) is 2.77. The van der Waals surface area contributed by atoms with Gasteiger partial charge in [0.15, 0.2) is 0 Å². The van der Waals surface area contributed by atoms with E-state index in [1.807, 2.05) is 6.92 Å². The van der Waals surface area contributed by atoms with Crippen molar-refractivity contribution in [1.29, 1.82) is 0 Å². The number of piperidine rings is 1. The van der Waals surface area contributed by atoms with Gasteiger partial charge in [-0.2, -0.15) is 0 Å². The average molecular weight is 439 g/mol. The number of likely N-dealkylation sites (tertiary alicyclic amines) is 1. The Morgan fingerprint density at radius 1 is 1.48 bits per heavy atom. The lowest BCUT2D eigenvalue weighted by molar-refractivity contribution is -0.152. The van der Waals surface area contributed by atoms with E-state index in [9.17, 15) is 14.7 Å². The Hall–Kier alpha value is -0.400. The number of rotatable bonds is 4. The molecule has 0 radical (unpaired) electrons. The maximum atomic E-state index is 12.6. The molecule has 0 aliphatic carbocycles. The van der Waals surface area contributed by atoms with Gasteiger partial charge in [0, 0.05) is 13.1 Å². The lowest BCUT2D eigenvalue weighted by atomic mass is 9.76. The van der Waals surface area contributed by atoms with Gasteiger partial charge < -0.3 is 10.0 Å². The van der Waals surface area contributed by atoms with Gasteiger partial charge in [0.1, 0.15) is 0 Å². The molecule has 1 aromatic heterocycles. The van der Waals surface area contributed by atoms with Crippen molar-refractivity contribution < 1.29 is 14.7 Å². The molecule has 0 spiro atoms. The predicted octanol–water partition coefficient (Wildman–Crippen LogP) is 4.38. The second kappa shape index (κ2) is 6.79. The highest BCUT2D eigenvalue weighted by Crippen LogP contribution is 2.37. The molecule has 1 aliphatic heterocycles. The van der Waals surface area contributed by atoms with Gasteiger partial charge in [-0.3, -0.25) is 9.59 Å². The van der Waals surface area contributed by atoms with Gasteiger partial charge in [-0.05, 0) is 57.2 Å². The fourth-order valence-corrected chi connectivity index (χ4v) is 5.70. The molecule has 1 saturated heterocycles. The molecule has 0 bridgehead atoms. The largest absolute Gasteiger partial charge is 0.481 e. The number of carboxylic acids is 1. The fraction of sp³-hybridized carbons (Fsp3) is 0.571. The van der Waals surface area contributed by atoms with Crippen LogP contribution in [0.2, 0.25) is 0 Å². The Labute approximate surface area is 144 Å². The molecule has 4 nitrogen and oxygen atoms in total. The third kappa shape index (κ3) is 3.51. The zero-order valence-corrected chi connectivity index (χ0v) is 15.7. The smallest absolute Gasteiger partial charge is 0.311 e. The summed E-state index contributed by atoms with van der Waals surface area (Å²) in [5.41, 5.74) is -0.188. The molecule has 1 N–H and O–H groups in total. The number of halogens is 2. The molecule has 21 heavy (non-hydrogen) atoms. The van der Waals surface area contributed by atoms with E-state index >= 15 is 0 Å². The number of amides is 1. The predicted molar refractivity (Wildman–Crippen MR) is 89.8 cm³/mol. The minimum atomic E-state index is -0.789. The van der Waals surface area contributed by atoms with Crippen LogP contribution >= 0.6 is 43.2 Å². The normalized spacial score (nSPS) is 22.3. The molecule has 2 heterocycles. The zero-order chi connectivity index (χ0) is 15.6. The number of carboxylic acid groups (broad SMARTS) is 1.